The molecule has 0 bridgehead atoms. The predicted octanol–water partition coefficient (Wildman–Crippen LogP) is 3.52. The van der Waals surface area contributed by atoms with Gasteiger partial charge in [0.05, 0.1) is 0 Å². The summed E-state index contributed by atoms with van der Waals surface area (Å²) in [4.78, 5) is 20.6. The van der Waals surface area contributed by atoms with Crippen LogP contribution in [0.15, 0.2) is 48.5 Å². The van der Waals surface area contributed by atoms with Crippen LogP contribution in [0.4, 0.5) is 0 Å². The van der Waals surface area contributed by atoms with Crippen molar-refractivity contribution in [1.29, 1.82) is 0 Å². The van der Waals surface area contributed by atoms with Crippen molar-refractivity contribution in [2.75, 3.05) is 7.11 Å². The fraction of sp³-hybridized carbons (Fsp3) is 0.190. The lowest BCUT2D eigenvalue weighted by Crippen LogP contribution is -2.25. The first-order valence-corrected chi connectivity index (χ1v) is 9.19. The molecule has 1 unspecified atom stereocenters. The number of methoxy groups -OCH3 is 1. The van der Waals surface area contributed by atoms with Gasteiger partial charge in [0.15, 0.2) is 11.5 Å². The second kappa shape index (κ2) is 8.89. The Hall–Kier alpha value is -3.16. The third kappa shape index (κ3) is 4.64. The summed E-state index contributed by atoms with van der Waals surface area (Å²) in [6.07, 6.45) is -0.717. The third-order valence-electron chi connectivity index (χ3n) is 4.36. The van der Waals surface area contributed by atoms with E-state index in [9.17, 15) is 15.0 Å². The molecule has 1 atom stereocenters. The molecule has 1 amide bonds. The lowest BCUT2D eigenvalue weighted by molar-refractivity contribution is 0.0937. The highest BCUT2D eigenvalue weighted by atomic mass is 35.5. The van der Waals surface area contributed by atoms with Gasteiger partial charge < -0.3 is 20.3 Å². The molecular formula is C21H20ClN3O4. The summed E-state index contributed by atoms with van der Waals surface area (Å²) in [7, 11) is 1.46. The molecule has 0 aliphatic rings. The summed E-state index contributed by atoms with van der Waals surface area (Å²) >= 11 is 6.10. The molecule has 7 nitrogen and oxygen atoms in total. The summed E-state index contributed by atoms with van der Waals surface area (Å²) in [6.45, 7) is 2.05. The average Bonchev–Trinajstić information content (AvgIpc) is 2.72. The zero-order chi connectivity index (χ0) is 21.0. The molecule has 0 spiro atoms. The number of amides is 1. The molecule has 3 aromatic rings. The Morgan fingerprint density at radius 3 is 2.55 bits per heavy atom. The lowest BCUT2D eigenvalue weighted by atomic mass is 10.1. The summed E-state index contributed by atoms with van der Waals surface area (Å²) < 4.78 is 5.44. The monoisotopic (exact) mass is 413 g/mol. The molecular weight excluding hydrogens is 394 g/mol. The van der Waals surface area contributed by atoms with Crippen molar-refractivity contribution >= 4 is 17.5 Å². The first-order valence-electron chi connectivity index (χ1n) is 8.81. The number of hydrogen-bond acceptors (Lipinski definition) is 6. The summed E-state index contributed by atoms with van der Waals surface area (Å²) in [6, 6.07) is 14.5. The molecule has 0 aliphatic heterocycles. The number of aromatic nitrogens is 2. The Labute approximate surface area is 173 Å². The van der Waals surface area contributed by atoms with Crippen molar-refractivity contribution in [3.63, 3.8) is 0 Å². The zero-order valence-electron chi connectivity index (χ0n) is 15.9. The summed E-state index contributed by atoms with van der Waals surface area (Å²) in [5.74, 6) is -2.01. The van der Waals surface area contributed by atoms with Crippen molar-refractivity contribution in [3.8, 4) is 11.6 Å². The normalized spacial score (nSPS) is 11.8. The number of halogens is 1. The molecule has 3 rings (SSSR count). The SMILES string of the molecule is COC(c1ccccc1)c1nc(O)c(O)c(C(=O)NCc2ccc(C)c(Cl)c2)n1. The Kier molecular flexibility index (Phi) is 6.31. The van der Waals surface area contributed by atoms with Crippen molar-refractivity contribution in [2.24, 2.45) is 0 Å². The van der Waals surface area contributed by atoms with Gasteiger partial charge in [-0.1, -0.05) is 54.1 Å². The largest absolute Gasteiger partial charge is 0.501 e. The lowest BCUT2D eigenvalue weighted by Gasteiger charge is -2.16. The van der Waals surface area contributed by atoms with Crippen LogP contribution in [0.25, 0.3) is 0 Å². The molecule has 0 aliphatic carbocycles. The van der Waals surface area contributed by atoms with Crippen LogP contribution in [0, 0.1) is 6.92 Å². The molecule has 0 radical (unpaired) electrons. The molecule has 1 heterocycles. The average molecular weight is 414 g/mol. The number of ether oxygens (including phenoxy) is 1. The molecule has 150 valence electrons. The first-order chi connectivity index (χ1) is 13.9. The predicted molar refractivity (Wildman–Crippen MR) is 108 cm³/mol. The molecule has 2 aromatic carbocycles. The smallest absolute Gasteiger partial charge is 0.274 e. The molecule has 0 saturated carbocycles. The maximum Gasteiger partial charge on any atom is 0.274 e. The molecule has 29 heavy (non-hydrogen) atoms. The van der Waals surface area contributed by atoms with Crippen molar-refractivity contribution in [1.82, 2.24) is 15.3 Å². The minimum Gasteiger partial charge on any atom is -0.501 e. The van der Waals surface area contributed by atoms with Gasteiger partial charge in [-0.2, -0.15) is 4.98 Å². The van der Waals surface area contributed by atoms with E-state index in [4.69, 9.17) is 16.3 Å². The highest BCUT2D eigenvalue weighted by Gasteiger charge is 2.24. The summed E-state index contributed by atoms with van der Waals surface area (Å²) in [5, 5.41) is 23.4. The fourth-order valence-electron chi connectivity index (χ4n) is 2.77. The molecule has 0 saturated heterocycles. The number of carbonyl (C=O) groups is 1. The van der Waals surface area contributed by atoms with Crippen LogP contribution in [0.1, 0.15) is 39.1 Å². The van der Waals surface area contributed by atoms with Gasteiger partial charge in [0, 0.05) is 18.7 Å². The van der Waals surface area contributed by atoms with E-state index in [1.807, 2.05) is 49.4 Å². The van der Waals surface area contributed by atoms with E-state index < -0.39 is 23.6 Å². The minimum atomic E-state index is -0.717. The maximum atomic E-state index is 12.6. The third-order valence-corrected chi connectivity index (χ3v) is 4.77. The van der Waals surface area contributed by atoms with Crippen LogP contribution in [0.3, 0.4) is 0 Å². The van der Waals surface area contributed by atoms with Crippen molar-refractivity contribution < 1.29 is 19.7 Å². The van der Waals surface area contributed by atoms with E-state index in [-0.39, 0.29) is 18.1 Å². The van der Waals surface area contributed by atoms with E-state index in [2.05, 4.69) is 15.3 Å². The standard InChI is InChI=1S/C21H20ClN3O4/c1-12-8-9-13(10-15(12)22)11-23-20(27)16-17(26)21(28)25-19(24-16)18(29-2)14-6-4-3-5-7-14/h3-10,18,26H,11H2,1-2H3,(H,23,27)(H,24,25,28). The van der Waals surface area contributed by atoms with Gasteiger partial charge in [-0.15, -0.1) is 0 Å². The van der Waals surface area contributed by atoms with Gasteiger partial charge in [-0.3, -0.25) is 4.79 Å². The number of nitrogens with zero attached hydrogens (tertiary/aromatic N) is 2. The van der Waals surface area contributed by atoms with E-state index >= 15 is 0 Å². The van der Waals surface area contributed by atoms with Crippen LogP contribution in [-0.2, 0) is 11.3 Å². The van der Waals surface area contributed by atoms with E-state index in [0.717, 1.165) is 16.7 Å². The van der Waals surface area contributed by atoms with E-state index in [1.54, 1.807) is 6.07 Å². The summed E-state index contributed by atoms with van der Waals surface area (Å²) in [5.41, 5.74) is 2.10. The Bertz CT molecular complexity index is 1030. The number of carbonyl (C=O) groups excluding carboxylic acids is 1. The highest BCUT2D eigenvalue weighted by Crippen LogP contribution is 2.30. The number of hydrogen-bond donors (Lipinski definition) is 3. The van der Waals surface area contributed by atoms with E-state index in [0.29, 0.717) is 5.02 Å². The fourth-order valence-corrected chi connectivity index (χ4v) is 2.97. The zero-order valence-corrected chi connectivity index (χ0v) is 16.6. The first kappa shape index (κ1) is 20.6. The van der Waals surface area contributed by atoms with Crippen LogP contribution in [-0.4, -0.2) is 33.2 Å². The van der Waals surface area contributed by atoms with Crippen molar-refractivity contribution in [3.05, 3.63) is 81.8 Å². The van der Waals surface area contributed by atoms with Gasteiger partial charge in [-0.05, 0) is 29.7 Å². The number of benzene rings is 2. The van der Waals surface area contributed by atoms with Gasteiger partial charge in [-0.25, -0.2) is 4.98 Å². The highest BCUT2D eigenvalue weighted by molar-refractivity contribution is 6.31. The van der Waals surface area contributed by atoms with Crippen molar-refractivity contribution in [2.45, 2.75) is 19.6 Å². The second-order valence-corrected chi connectivity index (χ2v) is 6.80. The van der Waals surface area contributed by atoms with Gasteiger partial charge in [0.2, 0.25) is 5.75 Å². The van der Waals surface area contributed by atoms with E-state index in [1.165, 1.54) is 7.11 Å². The Balaban J connectivity index is 1.86. The number of rotatable bonds is 6. The van der Waals surface area contributed by atoms with Gasteiger partial charge >= 0.3 is 0 Å². The minimum absolute atomic E-state index is 0.0533. The van der Waals surface area contributed by atoms with Gasteiger partial charge in [0.25, 0.3) is 11.8 Å². The van der Waals surface area contributed by atoms with Crippen LogP contribution < -0.4 is 5.32 Å². The number of aromatic hydroxyl groups is 2. The van der Waals surface area contributed by atoms with Gasteiger partial charge in [0.1, 0.15) is 6.10 Å². The van der Waals surface area contributed by atoms with Crippen LogP contribution in [0.5, 0.6) is 11.6 Å². The molecule has 0 fully saturated rings. The second-order valence-electron chi connectivity index (χ2n) is 6.40. The Morgan fingerprint density at radius 2 is 1.90 bits per heavy atom. The number of nitrogens with one attached hydrogen (secondary N) is 1. The molecule has 3 N–H and O–H groups in total. The van der Waals surface area contributed by atoms with Crippen LogP contribution >= 0.6 is 11.6 Å². The molecule has 8 heteroatoms. The number of aryl methyl sites for hydroxylation is 1. The maximum absolute atomic E-state index is 12.6. The quantitative estimate of drug-likeness (QED) is 0.571. The Morgan fingerprint density at radius 1 is 1.17 bits per heavy atom. The molecule has 1 aromatic heterocycles. The topological polar surface area (TPSA) is 105 Å². The van der Waals surface area contributed by atoms with Crippen LogP contribution in [0.2, 0.25) is 5.02 Å².